The zero-order valence-corrected chi connectivity index (χ0v) is 10.4. The molecule has 1 heterocycles. The van der Waals surface area contributed by atoms with Gasteiger partial charge in [0.25, 0.3) is 0 Å². The number of halogens is 3. The molecule has 1 N–H and O–H groups in total. The van der Waals surface area contributed by atoms with E-state index in [-0.39, 0.29) is 6.04 Å². The van der Waals surface area contributed by atoms with E-state index in [1.807, 2.05) is 13.0 Å². The Morgan fingerprint density at radius 3 is 2.32 bits per heavy atom. The summed E-state index contributed by atoms with van der Waals surface area (Å²) in [7, 11) is 0. The van der Waals surface area contributed by atoms with Gasteiger partial charge in [0, 0.05) is 5.69 Å². The van der Waals surface area contributed by atoms with Gasteiger partial charge in [0.15, 0.2) is 0 Å². The zero-order chi connectivity index (χ0) is 13.9. The molecule has 1 unspecified atom stereocenters. The second-order valence-electron chi connectivity index (χ2n) is 4.20. The molecule has 0 bridgehead atoms. The summed E-state index contributed by atoms with van der Waals surface area (Å²) in [5, 5.41) is 3.15. The first-order valence-electron chi connectivity index (χ1n) is 5.98. The van der Waals surface area contributed by atoms with Crippen LogP contribution in [0.1, 0.15) is 30.7 Å². The third kappa shape index (κ3) is 3.30. The Hall–Kier alpha value is -1.91. The van der Waals surface area contributed by atoms with Gasteiger partial charge in [0.05, 0.1) is 17.9 Å². The zero-order valence-electron chi connectivity index (χ0n) is 10.4. The Bertz CT molecular complexity index is 502. The molecule has 0 fully saturated rings. The molecule has 19 heavy (non-hydrogen) atoms. The van der Waals surface area contributed by atoms with Crippen LogP contribution in [0.5, 0.6) is 0 Å². The van der Waals surface area contributed by atoms with Crippen LogP contribution in [-0.4, -0.2) is 0 Å². The first-order valence-corrected chi connectivity index (χ1v) is 5.98. The van der Waals surface area contributed by atoms with Crippen LogP contribution in [0, 0.1) is 0 Å². The monoisotopic (exact) mass is 269 g/mol. The molecule has 0 radical (unpaired) electrons. The Balaban J connectivity index is 2.11. The maximum absolute atomic E-state index is 12.4. The van der Waals surface area contributed by atoms with Gasteiger partial charge in [0.2, 0.25) is 0 Å². The number of nitrogens with one attached hydrogen (secondary N) is 1. The topological polar surface area (TPSA) is 25.2 Å². The molecule has 5 heteroatoms. The predicted molar refractivity (Wildman–Crippen MR) is 66.8 cm³/mol. The quantitative estimate of drug-likeness (QED) is 0.857. The summed E-state index contributed by atoms with van der Waals surface area (Å²) in [6.45, 7) is 1.98. The number of alkyl halides is 3. The minimum absolute atomic E-state index is 0.0493. The Labute approximate surface area is 109 Å². The largest absolute Gasteiger partial charge is 0.467 e. The highest BCUT2D eigenvalue weighted by Gasteiger charge is 2.30. The molecule has 1 aromatic heterocycles. The van der Waals surface area contributed by atoms with E-state index < -0.39 is 11.7 Å². The molecule has 0 amide bonds. The lowest BCUT2D eigenvalue weighted by Crippen LogP contribution is -2.09. The van der Waals surface area contributed by atoms with Crippen LogP contribution in [0.4, 0.5) is 18.9 Å². The van der Waals surface area contributed by atoms with Crippen molar-refractivity contribution in [3.05, 3.63) is 54.0 Å². The maximum Gasteiger partial charge on any atom is 0.416 e. The maximum atomic E-state index is 12.4. The normalized spacial score (nSPS) is 13.3. The van der Waals surface area contributed by atoms with Crippen LogP contribution in [0.15, 0.2) is 47.1 Å². The van der Waals surface area contributed by atoms with Gasteiger partial charge in [-0.1, -0.05) is 6.92 Å². The van der Waals surface area contributed by atoms with E-state index in [0.29, 0.717) is 5.69 Å². The van der Waals surface area contributed by atoms with Crippen molar-refractivity contribution in [1.29, 1.82) is 0 Å². The van der Waals surface area contributed by atoms with Crippen LogP contribution in [0.3, 0.4) is 0 Å². The molecule has 2 rings (SSSR count). The number of furan rings is 1. The van der Waals surface area contributed by atoms with Gasteiger partial charge in [-0.25, -0.2) is 0 Å². The third-order valence-corrected chi connectivity index (χ3v) is 2.85. The molecule has 1 atom stereocenters. The summed E-state index contributed by atoms with van der Waals surface area (Å²) in [4.78, 5) is 0. The van der Waals surface area contributed by atoms with Crippen molar-refractivity contribution in [2.45, 2.75) is 25.6 Å². The molecule has 0 aliphatic rings. The average Bonchev–Trinajstić information content (AvgIpc) is 2.89. The van der Waals surface area contributed by atoms with E-state index in [9.17, 15) is 13.2 Å². The smallest absolute Gasteiger partial charge is 0.416 e. The lowest BCUT2D eigenvalue weighted by Gasteiger charge is -2.16. The van der Waals surface area contributed by atoms with Crippen LogP contribution in [-0.2, 0) is 6.18 Å². The second kappa shape index (κ2) is 5.38. The van der Waals surface area contributed by atoms with Gasteiger partial charge in [-0.2, -0.15) is 13.2 Å². The van der Waals surface area contributed by atoms with Crippen molar-refractivity contribution in [3.63, 3.8) is 0 Å². The minimum atomic E-state index is -4.30. The number of hydrogen-bond donors (Lipinski definition) is 1. The Kier molecular flexibility index (Phi) is 3.83. The van der Waals surface area contributed by atoms with Crippen molar-refractivity contribution in [2.75, 3.05) is 5.32 Å². The van der Waals surface area contributed by atoms with Crippen LogP contribution >= 0.6 is 0 Å². The first-order chi connectivity index (χ1) is 9.00. The van der Waals surface area contributed by atoms with Crippen LogP contribution in [0.2, 0.25) is 0 Å². The fraction of sp³-hybridized carbons (Fsp3) is 0.286. The number of rotatable bonds is 4. The summed E-state index contributed by atoms with van der Waals surface area (Å²) in [5.41, 5.74) is -0.0136. The van der Waals surface area contributed by atoms with E-state index in [4.69, 9.17) is 4.42 Å². The van der Waals surface area contributed by atoms with E-state index in [1.165, 1.54) is 12.1 Å². The van der Waals surface area contributed by atoms with Crippen molar-refractivity contribution in [3.8, 4) is 0 Å². The summed E-state index contributed by atoms with van der Waals surface area (Å²) >= 11 is 0. The third-order valence-electron chi connectivity index (χ3n) is 2.85. The molecule has 102 valence electrons. The minimum Gasteiger partial charge on any atom is -0.467 e. The van der Waals surface area contributed by atoms with Gasteiger partial charge in [-0.15, -0.1) is 0 Å². The van der Waals surface area contributed by atoms with Crippen LogP contribution in [0.25, 0.3) is 0 Å². The summed E-state index contributed by atoms with van der Waals surface area (Å²) in [6.07, 6.45) is -1.95. The lowest BCUT2D eigenvalue weighted by atomic mass is 10.1. The van der Waals surface area contributed by atoms with Gasteiger partial charge in [-0.05, 0) is 42.8 Å². The Morgan fingerprint density at radius 1 is 1.16 bits per heavy atom. The number of anilines is 1. The number of hydrogen-bond acceptors (Lipinski definition) is 2. The summed E-state index contributed by atoms with van der Waals surface area (Å²) in [6, 6.07) is 8.56. The van der Waals surface area contributed by atoms with E-state index in [1.54, 1.807) is 12.3 Å². The molecule has 0 saturated carbocycles. The molecule has 0 aliphatic heterocycles. The molecule has 0 saturated heterocycles. The second-order valence-corrected chi connectivity index (χ2v) is 4.20. The van der Waals surface area contributed by atoms with Crippen molar-refractivity contribution < 1.29 is 17.6 Å². The van der Waals surface area contributed by atoms with E-state index in [2.05, 4.69) is 5.32 Å². The number of benzene rings is 1. The highest BCUT2D eigenvalue weighted by molar-refractivity contribution is 5.46. The summed E-state index contributed by atoms with van der Waals surface area (Å²) in [5.74, 6) is 0.766. The molecule has 2 nitrogen and oxygen atoms in total. The molecular weight excluding hydrogens is 255 g/mol. The first kappa shape index (κ1) is 13.5. The van der Waals surface area contributed by atoms with Gasteiger partial charge >= 0.3 is 6.18 Å². The van der Waals surface area contributed by atoms with Gasteiger partial charge in [-0.3, -0.25) is 0 Å². The molecule has 0 aliphatic carbocycles. The van der Waals surface area contributed by atoms with Gasteiger partial charge in [0.1, 0.15) is 5.76 Å². The molecule has 0 spiro atoms. The van der Waals surface area contributed by atoms with E-state index in [0.717, 1.165) is 24.3 Å². The highest BCUT2D eigenvalue weighted by Crippen LogP contribution is 2.30. The van der Waals surface area contributed by atoms with Crippen LogP contribution < -0.4 is 5.32 Å². The standard InChI is InChI=1S/C14H14F3NO/c1-2-12(13-4-3-9-19-13)18-11-7-5-10(6-8-11)14(15,16)17/h3-9,12,18H,2H2,1H3. The fourth-order valence-corrected chi connectivity index (χ4v) is 1.82. The predicted octanol–water partition coefficient (Wildman–Crippen LogP) is 4.86. The lowest BCUT2D eigenvalue weighted by molar-refractivity contribution is -0.137. The van der Waals surface area contributed by atoms with Crippen molar-refractivity contribution in [1.82, 2.24) is 0 Å². The molecular formula is C14H14F3NO. The molecule has 1 aromatic carbocycles. The van der Waals surface area contributed by atoms with Gasteiger partial charge < -0.3 is 9.73 Å². The average molecular weight is 269 g/mol. The van der Waals surface area contributed by atoms with Crippen molar-refractivity contribution >= 4 is 5.69 Å². The van der Waals surface area contributed by atoms with E-state index >= 15 is 0 Å². The Morgan fingerprint density at radius 2 is 1.84 bits per heavy atom. The SMILES string of the molecule is CCC(Nc1ccc(C(F)(F)F)cc1)c1ccco1. The highest BCUT2D eigenvalue weighted by atomic mass is 19.4. The molecule has 2 aromatic rings. The summed E-state index contributed by atoms with van der Waals surface area (Å²) < 4.78 is 42.6. The van der Waals surface area contributed by atoms with Crippen molar-refractivity contribution in [2.24, 2.45) is 0 Å². The fourth-order valence-electron chi connectivity index (χ4n) is 1.82.